The Hall–Kier alpha value is -2.36. The molecule has 152 valence electrons. The average molecular weight is 433 g/mol. The van der Waals surface area contributed by atoms with Gasteiger partial charge in [0.15, 0.2) is 5.13 Å². The van der Waals surface area contributed by atoms with E-state index in [9.17, 15) is 12.8 Å². The molecule has 3 aromatic rings. The van der Waals surface area contributed by atoms with Crippen LogP contribution in [0, 0.1) is 19.7 Å². The van der Waals surface area contributed by atoms with Crippen molar-refractivity contribution in [2.75, 3.05) is 18.4 Å². The lowest BCUT2D eigenvalue weighted by molar-refractivity contribution is 0.464. The molecule has 0 spiro atoms. The van der Waals surface area contributed by atoms with E-state index in [2.05, 4.69) is 15.3 Å². The summed E-state index contributed by atoms with van der Waals surface area (Å²) in [6.45, 7) is 4.27. The van der Waals surface area contributed by atoms with Crippen molar-refractivity contribution in [3.8, 4) is 0 Å². The van der Waals surface area contributed by atoms with Gasteiger partial charge in [0.1, 0.15) is 10.7 Å². The van der Waals surface area contributed by atoms with Gasteiger partial charge in [-0.2, -0.15) is 4.31 Å². The molecule has 1 aliphatic rings. The smallest absolute Gasteiger partial charge is 0.246 e. The summed E-state index contributed by atoms with van der Waals surface area (Å²) in [5.74, 6) is -0.767. The Morgan fingerprint density at radius 1 is 1.24 bits per heavy atom. The third-order valence-electron chi connectivity index (χ3n) is 4.93. The Labute approximate surface area is 173 Å². The van der Waals surface area contributed by atoms with Crippen LogP contribution in [0.2, 0.25) is 0 Å². The lowest BCUT2D eigenvalue weighted by Crippen LogP contribution is -2.29. The van der Waals surface area contributed by atoms with E-state index >= 15 is 0 Å². The van der Waals surface area contributed by atoms with Crippen molar-refractivity contribution in [3.05, 3.63) is 64.7 Å². The van der Waals surface area contributed by atoms with Crippen LogP contribution in [0.15, 0.2) is 46.8 Å². The minimum atomic E-state index is -3.89. The van der Waals surface area contributed by atoms with E-state index in [1.807, 2.05) is 24.4 Å². The maximum absolute atomic E-state index is 14.2. The molecule has 9 heteroatoms. The SMILES string of the molecule is Cc1ccc(F)c(S(=O)(=O)N2CC[C@H](c3cc(Nc4nccs4)cc(C)n3)C2)c1. The third kappa shape index (κ3) is 4.17. The molecule has 1 saturated heterocycles. The van der Waals surface area contributed by atoms with Crippen molar-refractivity contribution >= 4 is 32.2 Å². The largest absolute Gasteiger partial charge is 0.331 e. The van der Waals surface area contributed by atoms with Crippen LogP contribution in [0.4, 0.5) is 15.2 Å². The zero-order chi connectivity index (χ0) is 20.6. The van der Waals surface area contributed by atoms with Crippen LogP contribution in [-0.4, -0.2) is 35.8 Å². The number of hydrogen-bond donors (Lipinski definition) is 1. The molecular formula is C20H21FN4O2S2. The van der Waals surface area contributed by atoms with E-state index in [-0.39, 0.29) is 17.4 Å². The van der Waals surface area contributed by atoms with Crippen LogP contribution in [0.5, 0.6) is 0 Å². The third-order valence-corrected chi connectivity index (χ3v) is 7.50. The molecule has 3 heterocycles. The van der Waals surface area contributed by atoms with Gasteiger partial charge in [0, 0.05) is 47.7 Å². The summed E-state index contributed by atoms with van der Waals surface area (Å²) in [7, 11) is -3.89. The summed E-state index contributed by atoms with van der Waals surface area (Å²) in [4.78, 5) is 8.58. The second kappa shape index (κ2) is 7.81. The Morgan fingerprint density at radius 2 is 2.07 bits per heavy atom. The molecule has 0 radical (unpaired) electrons. The molecule has 1 aliphatic heterocycles. The number of nitrogens with zero attached hydrogens (tertiary/aromatic N) is 3. The molecule has 1 atom stereocenters. The number of halogens is 1. The first-order chi connectivity index (χ1) is 13.8. The Balaban J connectivity index is 1.57. The normalized spacial score (nSPS) is 17.6. The highest BCUT2D eigenvalue weighted by molar-refractivity contribution is 7.89. The van der Waals surface area contributed by atoms with Crippen molar-refractivity contribution in [2.45, 2.75) is 31.1 Å². The maximum atomic E-state index is 14.2. The highest BCUT2D eigenvalue weighted by atomic mass is 32.2. The highest BCUT2D eigenvalue weighted by Crippen LogP contribution is 2.33. The predicted octanol–water partition coefficient (Wildman–Crippen LogP) is 4.22. The van der Waals surface area contributed by atoms with Gasteiger partial charge in [-0.05, 0) is 50.1 Å². The number of aryl methyl sites for hydroxylation is 2. The Kier molecular flexibility index (Phi) is 5.37. The first-order valence-electron chi connectivity index (χ1n) is 9.24. The van der Waals surface area contributed by atoms with Crippen molar-refractivity contribution < 1.29 is 12.8 Å². The zero-order valence-electron chi connectivity index (χ0n) is 16.1. The number of pyridine rings is 1. The second-order valence-corrected chi connectivity index (χ2v) is 9.97. The van der Waals surface area contributed by atoms with Crippen LogP contribution >= 0.6 is 11.3 Å². The first-order valence-corrected chi connectivity index (χ1v) is 11.6. The van der Waals surface area contributed by atoms with Crippen LogP contribution in [-0.2, 0) is 10.0 Å². The fourth-order valence-corrected chi connectivity index (χ4v) is 5.72. The number of thiazole rings is 1. The molecule has 6 nitrogen and oxygen atoms in total. The van der Waals surface area contributed by atoms with Crippen molar-refractivity contribution in [1.82, 2.24) is 14.3 Å². The molecule has 1 N–H and O–H groups in total. The molecule has 0 unspecified atom stereocenters. The van der Waals surface area contributed by atoms with Gasteiger partial charge in [0.2, 0.25) is 10.0 Å². The van der Waals surface area contributed by atoms with Crippen LogP contribution in [0.25, 0.3) is 0 Å². The van der Waals surface area contributed by atoms with Crippen molar-refractivity contribution in [2.24, 2.45) is 0 Å². The minimum absolute atomic E-state index is 0.0469. The molecule has 0 bridgehead atoms. The van der Waals surface area contributed by atoms with E-state index in [0.29, 0.717) is 18.5 Å². The van der Waals surface area contributed by atoms with E-state index < -0.39 is 15.8 Å². The summed E-state index contributed by atoms with van der Waals surface area (Å²) < 4.78 is 41.5. The number of nitrogens with one attached hydrogen (secondary N) is 1. The Bertz CT molecular complexity index is 1130. The van der Waals surface area contributed by atoms with E-state index in [1.165, 1.54) is 27.8 Å². The quantitative estimate of drug-likeness (QED) is 0.654. The summed E-state index contributed by atoms with van der Waals surface area (Å²) in [6, 6.07) is 8.01. The zero-order valence-corrected chi connectivity index (χ0v) is 17.7. The number of hydrogen-bond acceptors (Lipinski definition) is 6. The lowest BCUT2D eigenvalue weighted by Gasteiger charge is -2.18. The first kappa shape index (κ1) is 19.9. The van der Waals surface area contributed by atoms with E-state index in [1.54, 1.807) is 19.2 Å². The summed E-state index contributed by atoms with van der Waals surface area (Å²) >= 11 is 1.50. The molecule has 0 amide bonds. The molecule has 2 aromatic heterocycles. The fourth-order valence-electron chi connectivity index (χ4n) is 3.52. The number of sulfonamides is 1. The van der Waals surface area contributed by atoms with Crippen LogP contribution < -0.4 is 5.32 Å². The van der Waals surface area contributed by atoms with Gasteiger partial charge in [0.25, 0.3) is 0 Å². The predicted molar refractivity (Wildman–Crippen MR) is 112 cm³/mol. The van der Waals surface area contributed by atoms with Crippen LogP contribution in [0.1, 0.15) is 29.3 Å². The van der Waals surface area contributed by atoms with Gasteiger partial charge in [-0.3, -0.25) is 4.98 Å². The summed E-state index contributed by atoms with van der Waals surface area (Å²) in [5, 5.41) is 5.93. The molecular weight excluding hydrogens is 411 g/mol. The number of aromatic nitrogens is 2. The van der Waals surface area contributed by atoms with Crippen molar-refractivity contribution in [1.29, 1.82) is 0 Å². The van der Waals surface area contributed by atoms with Gasteiger partial charge in [-0.1, -0.05) is 6.07 Å². The van der Waals surface area contributed by atoms with Gasteiger partial charge in [0.05, 0.1) is 0 Å². The van der Waals surface area contributed by atoms with Gasteiger partial charge in [-0.25, -0.2) is 17.8 Å². The van der Waals surface area contributed by atoms with Crippen LogP contribution in [0.3, 0.4) is 0 Å². The molecule has 29 heavy (non-hydrogen) atoms. The second-order valence-electron chi connectivity index (χ2n) is 7.17. The van der Waals surface area contributed by atoms with E-state index in [0.717, 1.165) is 22.2 Å². The highest BCUT2D eigenvalue weighted by Gasteiger charge is 2.35. The molecule has 1 aromatic carbocycles. The van der Waals surface area contributed by atoms with Gasteiger partial charge >= 0.3 is 0 Å². The van der Waals surface area contributed by atoms with Crippen molar-refractivity contribution in [3.63, 3.8) is 0 Å². The number of rotatable bonds is 5. The van der Waals surface area contributed by atoms with Gasteiger partial charge in [-0.15, -0.1) is 11.3 Å². The molecule has 4 rings (SSSR count). The molecule has 0 saturated carbocycles. The van der Waals surface area contributed by atoms with Gasteiger partial charge < -0.3 is 5.32 Å². The van der Waals surface area contributed by atoms with E-state index in [4.69, 9.17) is 0 Å². The summed E-state index contributed by atoms with van der Waals surface area (Å²) in [5.41, 5.74) is 3.24. The minimum Gasteiger partial charge on any atom is -0.331 e. The standard InChI is InChI=1S/C20H21FN4O2S2/c1-13-3-4-17(21)19(9-13)29(26,27)25-7-5-15(12-25)18-11-16(10-14(2)23-18)24-20-22-6-8-28-20/h3-4,6,8-11,15H,5,7,12H2,1-2H3,(H,22,23,24)/t15-/m0/s1. The monoisotopic (exact) mass is 432 g/mol. The Morgan fingerprint density at radius 3 is 2.83 bits per heavy atom. The summed E-state index contributed by atoms with van der Waals surface area (Å²) in [6.07, 6.45) is 2.37. The number of anilines is 2. The molecule has 1 fully saturated rings. The average Bonchev–Trinajstić information content (AvgIpc) is 3.35. The molecule has 0 aliphatic carbocycles. The fraction of sp³-hybridized carbons (Fsp3) is 0.300. The maximum Gasteiger partial charge on any atom is 0.246 e. The lowest BCUT2D eigenvalue weighted by atomic mass is 10.0. The topological polar surface area (TPSA) is 75.2 Å². The number of benzene rings is 1.